The van der Waals surface area contributed by atoms with E-state index in [1.54, 1.807) is 0 Å². The number of hydrogen-bond acceptors (Lipinski definition) is 3. The molecule has 3 aromatic heterocycles. The summed E-state index contributed by atoms with van der Waals surface area (Å²) in [6.07, 6.45) is 0. The largest absolute Gasteiger partial charge is 0.376 e. The van der Waals surface area contributed by atoms with Crippen molar-refractivity contribution in [2.75, 3.05) is 4.81 Å². The van der Waals surface area contributed by atoms with Gasteiger partial charge in [-0.25, -0.2) is 0 Å². The van der Waals surface area contributed by atoms with Gasteiger partial charge in [0.2, 0.25) is 0 Å². The Morgan fingerprint density at radius 3 is 1.97 bits per heavy atom. The van der Waals surface area contributed by atoms with Crippen molar-refractivity contribution in [1.82, 2.24) is 4.57 Å². The summed E-state index contributed by atoms with van der Waals surface area (Å²) in [7, 11) is 0. The molecular formula is C59H47BN2S2. The molecular weight excluding hydrogens is 812 g/mol. The minimum atomic E-state index is -0.144. The van der Waals surface area contributed by atoms with Crippen LogP contribution in [0.2, 0.25) is 0 Å². The summed E-state index contributed by atoms with van der Waals surface area (Å²) < 4.78 is 8.11. The summed E-state index contributed by atoms with van der Waals surface area (Å²) in [5, 5.41) is 8.14. The third-order valence-electron chi connectivity index (χ3n) is 15.3. The van der Waals surface area contributed by atoms with Crippen LogP contribution in [0.25, 0.3) is 90.1 Å². The molecule has 14 rings (SSSR count). The molecule has 3 aliphatic rings. The van der Waals surface area contributed by atoms with E-state index in [1.165, 1.54) is 135 Å². The van der Waals surface area contributed by atoms with Gasteiger partial charge >= 0.3 is 6.85 Å². The number of nitrogens with zero attached hydrogens (tertiary/aromatic N) is 2. The first-order chi connectivity index (χ1) is 30.8. The van der Waals surface area contributed by atoms with E-state index in [-0.39, 0.29) is 23.1 Å². The normalized spacial score (nSPS) is 14.9. The van der Waals surface area contributed by atoms with E-state index in [4.69, 9.17) is 0 Å². The van der Waals surface area contributed by atoms with Crippen molar-refractivity contribution in [3.05, 3.63) is 162 Å². The highest BCUT2D eigenvalue weighted by Crippen LogP contribution is 2.57. The molecule has 308 valence electrons. The highest BCUT2D eigenvalue weighted by molar-refractivity contribution is 7.27. The van der Waals surface area contributed by atoms with Gasteiger partial charge in [0, 0.05) is 84.7 Å². The second kappa shape index (κ2) is 12.1. The standard InChI is InChI=1S/C59H47BN2S2/c1-57(2,3)32-21-24-34(25-22-32)62-46-29-38-35-15-9-12-18-42(35)59(7,8)43(38)28-41(46)53-54-55-51(52-37-17-11-14-20-49(37)64-56(52)53)40-27-33(58(4,5)6)23-26-45(40)61(55)47-30-39-36-16-10-13-19-48(36)63-50(39)31-44(47)60(54)62/h9-31H,1-8H3. The number of fused-ring (bicyclic) bond motifs is 19. The third-order valence-corrected chi connectivity index (χ3v) is 17.6. The predicted octanol–water partition coefficient (Wildman–Crippen LogP) is 15.7. The summed E-state index contributed by atoms with van der Waals surface area (Å²) >= 11 is 3.92. The molecule has 0 amide bonds. The molecule has 0 saturated heterocycles. The van der Waals surface area contributed by atoms with Gasteiger partial charge in [-0.1, -0.05) is 134 Å². The Balaban J connectivity index is 1.23. The SMILES string of the molecule is CC(C)(C)c1ccc(N2B3c4cc5sc6ccccc6c5cc4-n4c5ccc(C(C)(C)C)cc5c5c6c(sc7ccccc76)c(c3c54)-c3cc4c(cc32)-c2ccccc2C4(C)C)cc1. The number of benzene rings is 8. The molecule has 0 saturated carbocycles. The summed E-state index contributed by atoms with van der Waals surface area (Å²) in [5.41, 5.74) is 20.1. The Morgan fingerprint density at radius 2 is 1.20 bits per heavy atom. The number of thiophene rings is 2. The molecule has 1 aliphatic carbocycles. The second-order valence-electron chi connectivity index (χ2n) is 21.3. The summed E-state index contributed by atoms with van der Waals surface area (Å²) in [6.45, 7) is 18.8. The lowest BCUT2D eigenvalue weighted by molar-refractivity contribution is 0.590. The van der Waals surface area contributed by atoms with Crippen molar-refractivity contribution in [2.45, 2.75) is 71.6 Å². The molecule has 0 spiro atoms. The van der Waals surface area contributed by atoms with E-state index < -0.39 is 0 Å². The summed E-state index contributed by atoms with van der Waals surface area (Å²) in [6, 6.07) is 54.6. The number of aromatic nitrogens is 1. The molecule has 0 radical (unpaired) electrons. The molecule has 2 aliphatic heterocycles. The number of hydrogen-bond donors (Lipinski definition) is 0. The average molecular weight is 859 g/mol. The number of anilines is 2. The fourth-order valence-corrected chi connectivity index (χ4v) is 14.5. The van der Waals surface area contributed by atoms with Crippen LogP contribution in [0, 0.1) is 0 Å². The second-order valence-corrected chi connectivity index (χ2v) is 23.4. The fraction of sp³-hybridized carbons (Fsp3) is 0.186. The Bertz CT molecular complexity index is 3900. The zero-order chi connectivity index (χ0) is 43.3. The Morgan fingerprint density at radius 1 is 0.516 bits per heavy atom. The van der Waals surface area contributed by atoms with E-state index in [0.29, 0.717) is 0 Å². The van der Waals surface area contributed by atoms with Crippen molar-refractivity contribution in [3.8, 4) is 27.9 Å². The van der Waals surface area contributed by atoms with Gasteiger partial charge in [-0.3, -0.25) is 0 Å². The zero-order valence-corrected chi connectivity index (χ0v) is 39.2. The molecule has 5 heterocycles. The first-order valence-corrected chi connectivity index (χ1v) is 24.5. The fourth-order valence-electron chi connectivity index (χ4n) is 12.1. The van der Waals surface area contributed by atoms with E-state index in [1.807, 2.05) is 22.7 Å². The first kappa shape index (κ1) is 37.3. The smallest absolute Gasteiger partial charge is 0.333 e. The monoisotopic (exact) mass is 858 g/mol. The minimum Gasteiger partial charge on any atom is -0.376 e. The van der Waals surface area contributed by atoms with Gasteiger partial charge in [0.05, 0.1) is 11.0 Å². The van der Waals surface area contributed by atoms with Crippen molar-refractivity contribution in [2.24, 2.45) is 0 Å². The van der Waals surface area contributed by atoms with Crippen LogP contribution < -0.4 is 15.7 Å². The van der Waals surface area contributed by atoms with Crippen LogP contribution in [0.1, 0.15) is 77.6 Å². The molecule has 0 bridgehead atoms. The van der Waals surface area contributed by atoms with Crippen molar-refractivity contribution in [1.29, 1.82) is 0 Å². The van der Waals surface area contributed by atoms with Crippen molar-refractivity contribution >= 4 is 114 Å². The zero-order valence-electron chi connectivity index (χ0n) is 37.6. The Kier molecular flexibility index (Phi) is 7.07. The van der Waals surface area contributed by atoms with Crippen LogP contribution in [0.3, 0.4) is 0 Å². The lowest BCUT2D eigenvalue weighted by Crippen LogP contribution is -2.60. The van der Waals surface area contributed by atoms with Gasteiger partial charge in [0.1, 0.15) is 0 Å². The predicted molar refractivity (Wildman–Crippen MR) is 281 cm³/mol. The molecule has 0 unspecified atom stereocenters. The average Bonchev–Trinajstić information content (AvgIpc) is 4.00. The summed E-state index contributed by atoms with van der Waals surface area (Å²) in [4.78, 5) is 2.75. The Hall–Kier alpha value is -6.14. The Labute approximate surface area is 382 Å². The van der Waals surface area contributed by atoms with Crippen LogP contribution in [0.5, 0.6) is 0 Å². The highest BCUT2D eigenvalue weighted by atomic mass is 32.1. The van der Waals surface area contributed by atoms with Gasteiger partial charge in [-0.05, 0) is 116 Å². The van der Waals surface area contributed by atoms with E-state index in [9.17, 15) is 0 Å². The quantitative estimate of drug-likeness (QED) is 0.149. The first-order valence-electron chi connectivity index (χ1n) is 22.9. The molecule has 5 heteroatoms. The molecule has 0 N–H and O–H groups in total. The van der Waals surface area contributed by atoms with Crippen molar-refractivity contribution in [3.63, 3.8) is 0 Å². The van der Waals surface area contributed by atoms with Crippen molar-refractivity contribution < 1.29 is 0 Å². The van der Waals surface area contributed by atoms with Gasteiger partial charge in [0.25, 0.3) is 0 Å². The van der Waals surface area contributed by atoms with Crippen LogP contribution in [-0.2, 0) is 16.2 Å². The molecule has 64 heavy (non-hydrogen) atoms. The molecule has 8 aromatic carbocycles. The molecule has 11 aromatic rings. The van der Waals surface area contributed by atoms with Crippen LogP contribution in [-0.4, -0.2) is 11.4 Å². The molecule has 2 nitrogen and oxygen atoms in total. The van der Waals surface area contributed by atoms with E-state index in [2.05, 4.69) is 204 Å². The third kappa shape index (κ3) is 4.66. The topological polar surface area (TPSA) is 8.17 Å². The van der Waals surface area contributed by atoms with E-state index >= 15 is 0 Å². The van der Waals surface area contributed by atoms with Gasteiger partial charge in [-0.15, -0.1) is 22.7 Å². The van der Waals surface area contributed by atoms with E-state index in [0.717, 1.165) is 0 Å². The van der Waals surface area contributed by atoms with Crippen LogP contribution in [0.4, 0.5) is 11.4 Å². The number of rotatable bonds is 1. The minimum absolute atomic E-state index is 0.00521. The maximum absolute atomic E-state index is 2.75. The maximum atomic E-state index is 2.75. The van der Waals surface area contributed by atoms with Gasteiger partial charge in [0.15, 0.2) is 0 Å². The molecule has 0 fully saturated rings. The lowest BCUT2D eigenvalue weighted by atomic mass is 9.43. The van der Waals surface area contributed by atoms with Gasteiger partial charge < -0.3 is 9.38 Å². The highest BCUT2D eigenvalue weighted by Gasteiger charge is 2.47. The van der Waals surface area contributed by atoms with Crippen LogP contribution in [0.15, 0.2) is 140 Å². The summed E-state index contributed by atoms with van der Waals surface area (Å²) in [5.74, 6) is 0. The lowest BCUT2D eigenvalue weighted by Gasteiger charge is -2.43. The van der Waals surface area contributed by atoms with Gasteiger partial charge in [-0.2, -0.15) is 0 Å². The molecule has 0 atom stereocenters. The maximum Gasteiger partial charge on any atom is 0.333 e. The van der Waals surface area contributed by atoms with Crippen LogP contribution >= 0.6 is 22.7 Å².